The highest BCUT2D eigenvalue weighted by Crippen LogP contribution is 2.37. The van der Waals surface area contributed by atoms with Gasteiger partial charge in [-0.2, -0.15) is 9.50 Å². The Morgan fingerprint density at radius 3 is 2.71 bits per heavy atom. The Labute approximate surface area is 159 Å². The number of ether oxygens (including phenoxy) is 4. The van der Waals surface area contributed by atoms with Crippen molar-refractivity contribution in [3.05, 3.63) is 60.6 Å². The maximum Gasteiger partial charge on any atom is 0.253 e. The van der Waals surface area contributed by atoms with Crippen LogP contribution in [-0.4, -0.2) is 33.0 Å². The molecule has 2 aromatic carbocycles. The van der Waals surface area contributed by atoms with Gasteiger partial charge in [-0.05, 0) is 36.4 Å². The fourth-order valence-corrected chi connectivity index (χ4v) is 3.37. The molecule has 0 radical (unpaired) electrons. The molecule has 6 rings (SSSR count). The zero-order valence-corrected chi connectivity index (χ0v) is 14.6. The van der Waals surface area contributed by atoms with Gasteiger partial charge in [-0.15, -0.1) is 5.10 Å². The van der Waals surface area contributed by atoms with Crippen LogP contribution in [0.2, 0.25) is 0 Å². The van der Waals surface area contributed by atoms with Gasteiger partial charge in [-0.25, -0.2) is 4.98 Å². The molecule has 4 heterocycles. The molecule has 0 fully saturated rings. The number of rotatable bonds is 2. The molecule has 0 amide bonds. The molecule has 0 saturated heterocycles. The monoisotopic (exact) mass is 374 g/mol. The highest BCUT2D eigenvalue weighted by molar-refractivity contribution is 5.66. The second-order valence-electron chi connectivity index (χ2n) is 6.44. The van der Waals surface area contributed by atoms with E-state index in [4.69, 9.17) is 18.9 Å². The molecule has 28 heavy (non-hydrogen) atoms. The lowest BCUT2D eigenvalue weighted by Crippen LogP contribution is -2.22. The van der Waals surface area contributed by atoms with Gasteiger partial charge in [-0.3, -0.25) is 0 Å². The minimum atomic E-state index is -0.402. The van der Waals surface area contributed by atoms with Crippen molar-refractivity contribution in [3.63, 3.8) is 0 Å². The van der Waals surface area contributed by atoms with Crippen LogP contribution in [0, 0.1) is 0 Å². The van der Waals surface area contributed by atoms with E-state index in [1.807, 2.05) is 48.5 Å². The molecule has 4 aromatic rings. The van der Waals surface area contributed by atoms with Crippen LogP contribution in [0.4, 0.5) is 0 Å². The summed E-state index contributed by atoms with van der Waals surface area (Å²) in [5.74, 6) is 3.87. The van der Waals surface area contributed by atoms with Crippen molar-refractivity contribution in [2.75, 3.05) is 13.4 Å². The second-order valence-corrected chi connectivity index (χ2v) is 6.44. The van der Waals surface area contributed by atoms with Crippen molar-refractivity contribution in [2.24, 2.45) is 0 Å². The lowest BCUT2D eigenvalue weighted by Gasteiger charge is -2.24. The highest BCUT2D eigenvalue weighted by atomic mass is 16.7. The summed E-state index contributed by atoms with van der Waals surface area (Å²) in [6.45, 7) is 0.575. The summed E-state index contributed by atoms with van der Waals surface area (Å²) in [5, 5.41) is 4.65. The van der Waals surface area contributed by atoms with Crippen LogP contribution in [0.1, 0.15) is 11.9 Å². The average Bonchev–Trinajstić information content (AvgIpc) is 3.39. The van der Waals surface area contributed by atoms with Crippen LogP contribution in [-0.2, 0) is 0 Å². The maximum atomic E-state index is 6.03. The minimum Gasteiger partial charge on any atom is -0.485 e. The van der Waals surface area contributed by atoms with Crippen LogP contribution < -0.4 is 18.9 Å². The van der Waals surface area contributed by atoms with E-state index in [2.05, 4.69) is 15.1 Å². The molecule has 0 unspecified atom stereocenters. The van der Waals surface area contributed by atoms with Crippen LogP contribution in [0.25, 0.3) is 17.0 Å². The van der Waals surface area contributed by atoms with Gasteiger partial charge in [0.05, 0.1) is 5.69 Å². The molecule has 0 saturated carbocycles. The first kappa shape index (κ1) is 15.3. The van der Waals surface area contributed by atoms with Crippen molar-refractivity contribution >= 4 is 5.78 Å². The summed E-state index contributed by atoms with van der Waals surface area (Å²) in [4.78, 5) is 8.88. The molecule has 0 aliphatic carbocycles. The molecular formula is C20H14N4O4. The van der Waals surface area contributed by atoms with E-state index < -0.39 is 6.10 Å². The number of hydrogen-bond acceptors (Lipinski definition) is 7. The normalized spacial score (nSPS) is 17.1. The van der Waals surface area contributed by atoms with Gasteiger partial charge in [0, 0.05) is 11.8 Å². The molecule has 1 atom stereocenters. The quantitative estimate of drug-likeness (QED) is 0.533. The summed E-state index contributed by atoms with van der Waals surface area (Å²) < 4.78 is 24.4. The van der Waals surface area contributed by atoms with Crippen LogP contribution in [0.3, 0.4) is 0 Å². The van der Waals surface area contributed by atoms with E-state index >= 15 is 0 Å². The molecule has 2 aliphatic heterocycles. The number of para-hydroxylation sites is 2. The Balaban J connectivity index is 1.40. The van der Waals surface area contributed by atoms with Gasteiger partial charge < -0.3 is 18.9 Å². The molecule has 8 nitrogen and oxygen atoms in total. The lowest BCUT2D eigenvalue weighted by molar-refractivity contribution is 0.0852. The molecule has 2 aliphatic rings. The van der Waals surface area contributed by atoms with Gasteiger partial charge in [-0.1, -0.05) is 12.1 Å². The Morgan fingerprint density at radius 1 is 0.893 bits per heavy atom. The fourth-order valence-electron chi connectivity index (χ4n) is 3.37. The van der Waals surface area contributed by atoms with Gasteiger partial charge in [0.15, 0.2) is 34.9 Å². The number of fused-ring (bicyclic) bond motifs is 3. The third-order valence-corrected chi connectivity index (χ3v) is 4.72. The Morgan fingerprint density at radius 2 is 1.75 bits per heavy atom. The molecule has 2 aromatic heterocycles. The standard InChI is InChI=1S/C20H14N4O4/c1-2-4-16-14(3-1)25-10-18(28-16)19-22-20-21-8-7-13(24(20)23-19)12-5-6-15-17(9-12)27-11-26-15/h1-9,18H,10-11H2/t18-/m0/s1. The van der Waals surface area contributed by atoms with E-state index in [9.17, 15) is 0 Å². The van der Waals surface area contributed by atoms with Crippen molar-refractivity contribution in [3.8, 4) is 34.3 Å². The first-order valence-corrected chi connectivity index (χ1v) is 8.85. The number of nitrogens with zero attached hydrogens (tertiary/aromatic N) is 4. The van der Waals surface area contributed by atoms with Crippen molar-refractivity contribution < 1.29 is 18.9 Å². The van der Waals surface area contributed by atoms with Crippen LogP contribution in [0.5, 0.6) is 23.0 Å². The summed E-state index contributed by atoms with van der Waals surface area (Å²) in [6.07, 6.45) is 1.31. The molecular weight excluding hydrogens is 360 g/mol. The third kappa shape index (κ3) is 2.34. The topological polar surface area (TPSA) is 80.0 Å². The van der Waals surface area contributed by atoms with E-state index in [0.717, 1.165) is 22.8 Å². The summed E-state index contributed by atoms with van der Waals surface area (Å²) >= 11 is 0. The first-order chi connectivity index (χ1) is 13.8. The minimum absolute atomic E-state index is 0.235. The summed E-state index contributed by atoms with van der Waals surface area (Å²) in [6, 6.07) is 15.2. The fraction of sp³-hybridized carbons (Fsp3) is 0.150. The zero-order valence-electron chi connectivity index (χ0n) is 14.6. The zero-order chi connectivity index (χ0) is 18.5. The molecule has 8 heteroatoms. The Bertz CT molecular complexity index is 1210. The maximum absolute atomic E-state index is 6.03. The third-order valence-electron chi connectivity index (χ3n) is 4.72. The summed E-state index contributed by atoms with van der Waals surface area (Å²) in [5.41, 5.74) is 1.78. The smallest absolute Gasteiger partial charge is 0.253 e. The predicted octanol–water partition coefficient (Wildman–Crippen LogP) is 3.03. The van der Waals surface area contributed by atoms with E-state index in [1.165, 1.54) is 0 Å². The van der Waals surface area contributed by atoms with Gasteiger partial charge in [0.1, 0.15) is 6.61 Å². The Hall–Kier alpha value is -3.81. The number of hydrogen-bond donors (Lipinski definition) is 0. The van der Waals surface area contributed by atoms with E-state index in [1.54, 1.807) is 10.7 Å². The Kier molecular flexibility index (Phi) is 3.19. The first-order valence-electron chi connectivity index (χ1n) is 8.85. The summed E-state index contributed by atoms with van der Waals surface area (Å²) in [7, 11) is 0. The SMILES string of the molecule is c1ccc2c(c1)OC[C@@H](c1nc3nccc(-c4ccc5c(c4)OCO5)n3n1)O2. The van der Waals surface area contributed by atoms with Crippen molar-refractivity contribution in [2.45, 2.75) is 6.10 Å². The number of benzene rings is 2. The largest absolute Gasteiger partial charge is 0.485 e. The molecule has 0 N–H and O–H groups in total. The average molecular weight is 374 g/mol. The van der Waals surface area contributed by atoms with Crippen LogP contribution in [0.15, 0.2) is 54.7 Å². The second kappa shape index (κ2) is 5.85. The molecule has 138 valence electrons. The highest BCUT2D eigenvalue weighted by Gasteiger charge is 2.27. The molecule has 0 spiro atoms. The lowest BCUT2D eigenvalue weighted by atomic mass is 10.1. The van der Waals surface area contributed by atoms with Gasteiger partial charge in [0.2, 0.25) is 6.79 Å². The van der Waals surface area contributed by atoms with E-state index in [0.29, 0.717) is 29.7 Å². The van der Waals surface area contributed by atoms with Gasteiger partial charge in [0.25, 0.3) is 5.78 Å². The number of aromatic nitrogens is 4. The van der Waals surface area contributed by atoms with Crippen molar-refractivity contribution in [1.29, 1.82) is 0 Å². The van der Waals surface area contributed by atoms with Crippen molar-refractivity contribution in [1.82, 2.24) is 19.6 Å². The van der Waals surface area contributed by atoms with E-state index in [-0.39, 0.29) is 6.79 Å². The van der Waals surface area contributed by atoms with Gasteiger partial charge >= 0.3 is 0 Å². The predicted molar refractivity (Wildman–Crippen MR) is 97.6 cm³/mol. The molecule has 0 bridgehead atoms. The van der Waals surface area contributed by atoms with Crippen LogP contribution >= 0.6 is 0 Å².